The number of amides is 1. The topological polar surface area (TPSA) is 137 Å². The molecule has 1 atom stereocenters. The molecule has 9 nitrogen and oxygen atoms in total. The lowest BCUT2D eigenvalue weighted by Gasteiger charge is -2.20. The molecule has 0 aliphatic rings. The molecule has 0 radical (unpaired) electrons. The third kappa shape index (κ3) is 4.79. The van der Waals surface area contributed by atoms with Gasteiger partial charge in [0.2, 0.25) is 11.8 Å². The molecule has 0 fully saturated rings. The monoisotopic (exact) mass is 496 g/mol. The Kier molecular flexibility index (Phi) is 6.42. The maximum Gasteiger partial charge on any atom is 0.265 e. The molecule has 37 heavy (non-hydrogen) atoms. The summed E-state index contributed by atoms with van der Waals surface area (Å²) in [7, 11) is 0. The van der Waals surface area contributed by atoms with Gasteiger partial charge in [-0.25, -0.2) is 0 Å². The van der Waals surface area contributed by atoms with Crippen molar-refractivity contribution in [3.63, 3.8) is 0 Å². The Labute approximate surface area is 211 Å². The number of nitrogens with zero attached hydrogens (tertiary/aromatic N) is 3. The van der Waals surface area contributed by atoms with Gasteiger partial charge in [-0.1, -0.05) is 36.4 Å². The lowest BCUT2D eigenvalue weighted by molar-refractivity contribution is -0.121. The summed E-state index contributed by atoms with van der Waals surface area (Å²) in [5.41, 5.74) is 1.83. The Balaban J connectivity index is 1.49. The SMILES string of the molecule is O=C(CC(c1c(O)nc2ccccn2c1=O)c1cccc2cccnc12)NCCc1ccc(O)c(O)c1. The van der Waals surface area contributed by atoms with E-state index < -0.39 is 17.4 Å². The zero-order valence-corrected chi connectivity index (χ0v) is 19.7. The molecule has 0 aliphatic heterocycles. The van der Waals surface area contributed by atoms with Crippen LogP contribution in [-0.2, 0) is 11.2 Å². The van der Waals surface area contributed by atoms with Crippen molar-refractivity contribution in [3.05, 3.63) is 106 Å². The van der Waals surface area contributed by atoms with E-state index in [1.54, 1.807) is 48.8 Å². The van der Waals surface area contributed by atoms with E-state index in [0.717, 1.165) is 10.9 Å². The van der Waals surface area contributed by atoms with E-state index in [2.05, 4.69) is 15.3 Å². The molecule has 9 heteroatoms. The van der Waals surface area contributed by atoms with Crippen molar-refractivity contribution in [2.75, 3.05) is 6.54 Å². The number of hydrogen-bond donors (Lipinski definition) is 4. The van der Waals surface area contributed by atoms with Gasteiger partial charge in [0.1, 0.15) is 5.65 Å². The third-order valence-electron chi connectivity index (χ3n) is 6.30. The van der Waals surface area contributed by atoms with Crippen molar-refractivity contribution in [2.24, 2.45) is 0 Å². The molecule has 5 rings (SSSR count). The van der Waals surface area contributed by atoms with E-state index in [9.17, 15) is 24.9 Å². The first kappa shape index (κ1) is 23.8. The lowest BCUT2D eigenvalue weighted by atomic mass is 9.87. The highest BCUT2D eigenvalue weighted by Gasteiger charge is 2.28. The van der Waals surface area contributed by atoms with Gasteiger partial charge in [0.05, 0.1) is 11.1 Å². The number of phenols is 2. The summed E-state index contributed by atoms with van der Waals surface area (Å²) in [6.07, 6.45) is 3.51. The van der Waals surface area contributed by atoms with E-state index in [4.69, 9.17) is 0 Å². The van der Waals surface area contributed by atoms with Crippen molar-refractivity contribution in [1.29, 1.82) is 0 Å². The summed E-state index contributed by atoms with van der Waals surface area (Å²) in [5.74, 6) is -2.02. The number of benzene rings is 2. The van der Waals surface area contributed by atoms with E-state index in [0.29, 0.717) is 23.1 Å². The van der Waals surface area contributed by atoms with E-state index in [1.807, 2.05) is 18.2 Å². The molecule has 186 valence electrons. The molecule has 0 saturated heterocycles. The van der Waals surface area contributed by atoms with Crippen molar-refractivity contribution in [2.45, 2.75) is 18.8 Å². The van der Waals surface area contributed by atoms with Crippen molar-refractivity contribution >= 4 is 22.5 Å². The fourth-order valence-electron chi connectivity index (χ4n) is 4.50. The highest BCUT2D eigenvalue weighted by atomic mass is 16.3. The predicted molar refractivity (Wildman–Crippen MR) is 138 cm³/mol. The summed E-state index contributed by atoms with van der Waals surface area (Å²) in [6.45, 7) is 0.268. The van der Waals surface area contributed by atoms with Crippen LogP contribution in [0.15, 0.2) is 83.9 Å². The van der Waals surface area contributed by atoms with E-state index >= 15 is 0 Å². The van der Waals surface area contributed by atoms with Crippen LogP contribution in [0.4, 0.5) is 0 Å². The smallest absolute Gasteiger partial charge is 0.265 e. The number of carbonyl (C=O) groups excluding carboxylic acids is 1. The number of rotatable bonds is 7. The van der Waals surface area contributed by atoms with Crippen LogP contribution in [0.25, 0.3) is 16.6 Å². The zero-order chi connectivity index (χ0) is 25.9. The third-order valence-corrected chi connectivity index (χ3v) is 6.30. The van der Waals surface area contributed by atoms with E-state index in [-0.39, 0.29) is 35.9 Å². The normalized spacial score (nSPS) is 12.0. The number of aromatic nitrogens is 3. The summed E-state index contributed by atoms with van der Waals surface area (Å²) in [4.78, 5) is 35.3. The van der Waals surface area contributed by atoms with Gasteiger partial charge in [0, 0.05) is 36.7 Å². The highest BCUT2D eigenvalue weighted by Crippen LogP contribution is 2.34. The summed E-state index contributed by atoms with van der Waals surface area (Å²) in [5, 5.41) is 33.7. The first-order valence-corrected chi connectivity index (χ1v) is 11.7. The van der Waals surface area contributed by atoms with Gasteiger partial charge in [0.15, 0.2) is 11.5 Å². The maximum absolute atomic E-state index is 13.5. The number of hydrogen-bond acceptors (Lipinski definition) is 7. The van der Waals surface area contributed by atoms with Crippen molar-refractivity contribution in [1.82, 2.24) is 19.7 Å². The molecule has 3 aromatic heterocycles. The average molecular weight is 497 g/mol. The minimum absolute atomic E-state index is 0.0143. The Hall–Kier alpha value is -4.92. The Morgan fingerprint density at radius 3 is 2.65 bits per heavy atom. The number of aromatic hydroxyl groups is 3. The number of para-hydroxylation sites is 1. The van der Waals surface area contributed by atoms with E-state index in [1.165, 1.54) is 16.5 Å². The summed E-state index contributed by atoms with van der Waals surface area (Å²) in [6, 6.07) is 18.7. The molecule has 0 saturated carbocycles. The van der Waals surface area contributed by atoms with Crippen LogP contribution in [0.1, 0.15) is 29.0 Å². The van der Waals surface area contributed by atoms with Crippen LogP contribution in [0, 0.1) is 0 Å². The summed E-state index contributed by atoms with van der Waals surface area (Å²) >= 11 is 0. The number of nitrogens with one attached hydrogen (secondary N) is 1. The molecule has 1 unspecified atom stereocenters. The molecule has 4 N–H and O–H groups in total. The second-order valence-electron chi connectivity index (χ2n) is 8.69. The lowest BCUT2D eigenvalue weighted by Crippen LogP contribution is -2.30. The fourth-order valence-corrected chi connectivity index (χ4v) is 4.50. The van der Waals surface area contributed by atoms with Gasteiger partial charge >= 0.3 is 0 Å². The van der Waals surface area contributed by atoms with Gasteiger partial charge in [-0.05, 0) is 47.9 Å². The van der Waals surface area contributed by atoms with Crippen LogP contribution < -0.4 is 10.9 Å². The molecular weight excluding hydrogens is 472 g/mol. The number of phenolic OH excluding ortho intramolecular Hbond substituents is 2. The molecule has 2 aromatic carbocycles. The quantitative estimate of drug-likeness (QED) is 0.254. The molecule has 0 bridgehead atoms. The number of pyridine rings is 2. The fraction of sp³-hybridized carbons (Fsp3) is 0.143. The molecule has 1 amide bonds. The van der Waals surface area contributed by atoms with Gasteiger partial charge < -0.3 is 20.6 Å². The van der Waals surface area contributed by atoms with Gasteiger partial charge in [-0.3, -0.25) is 19.0 Å². The molecule has 3 heterocycles. The van der Waals surface area contributed by atoms with Crippen LogP contribution in [0.2, 0.25) is 0 Å². The Bertz CT molecular complexity index is 1680. The summed E-state index contributed by atoms with van der Waals surface area (Å²) < 4.78 is 1.34. The van der Waals surface area contributed by atoms with Crippen LogP contribution in [0.3, 0.4) is 0 Å². The Morgan fingerprint density at radius 2 is 1.81 bits per heavy atom. The molecular formula is C28H24N4O5. The highest BCUT2D eigenvalue weighted by molar-refractivity contribution is 5.84. The predicted octanol–water partition coefficient (Wildman–Crippen LogP) is 3.24. The van der Waals surface area contributed by atoms with Crippen LogP contribution in [-0.4, -0.2) is 42.1 Å². The average Bonchev–Trinajstić information content (AvgIpc) is 2.90. The standard InChI is InChI=1S/C28H24N4O5/c33-21-10-9-17(15-22(21)34)11-13-29-24(35)16-20(19-7-3-5-18-6-4-12-30-26(18)19)25-27(36)31-23-8-1-2-14-32(23)28(25)37/h1-10,12,14-15,20,33-34,36H,11,13,16H2,(H,29,35). The molecule has 0 aliphatic carbocycles. The largest absolute Gasteiger partial charge is 0.504 e. The van der Waals surface area contributed by atoms with Gasteiger partial charge in [-0.15, -0.1) is 0 Å². The second kappa shape index (κ2) is 9.98. The first-order chi connectivity index (χ1) is 17.9. The van der Waals surface area contributed by atoms with Gasteiger partial charge in [-0.2, -0.15) is 4.98 Å². The van der Waals surface area contributed by atoms with Crippen LogP contribution in [0.5, 0.6) is 17.4 Å². The molecule has 0 spiro atoms. The maximum atomic E-state index is 13.5. The van der Waals surface area contributed by atoms with Crippen molar-refractivity contribution in [3.8, 4) is 17.4 Å². The number of fused-ring (bicyclic) bond motifs is 2. The van der Waals surface area contributed by atoms with Crippen LogP contribution >= 0.6 is 0 Å². The minimum atomic E-state index is -0.812. The Morgan fingerprint density at radius 1 is 0.973 bits per heavy atom. The minimum Gasteiger partial charge on any atom is -0.504 e. The number of carbonyl (C=O) groups is 1. The second-order valence-corrected chi connectivity index (χ2v) is 8.69. The first-order valence-electron chi connectivity index (χ1n) is 11.7. The van der Waals surface area contributed by atoms with Gasteiger partial charge in [0.25, 0.3) is 5.56 Å². The zero-order valence-electron chi connectivity index (χ0n) is 19.7. The van der Waals surface area contributed by atoms with Crippen molar-refractivity contribution < 1.29 is 20.1 Å². The molecule has 5 aromatic rings.